The third-order valence-corrected chi connectivity index (χ3v) is 3.17. The molecule has 0 saturated heterocycles. The highest BCUT2D eigenvalue weighted by Gasteiger charge is 2.06. The van der Waals surface area contributed by atoms with Gasteiger partial charge in [-0.25, -0.2) is 0 Å². The first-order valence-corrected chi connectivity index (χ1v) is 6.75. The average molecular weight is 277 g/mol. The van der Waals surface area contributed by atoms with Crippen LogP contribution in [-0.4, -0.2) is 15.2 Å². The number of aryl methyl sites for hydroxylation is 1. The van der Waals surface area contributed by atoms with Crippen LogP contribution in [0.3, 0.4) is 0 Å². The summed E-state index contributed by atoms with van der Waals surface area (Å²) in [5.41, 5.74) is 4.03. The summed E-state index contributed by atoms with van der Waals surface area (Å²) in [5.74, 6) is 0. The van der Waals surface area contributed by atoms with Gasteiger partial charge in [-0.3, -0.25) is 0 Å². The predicted molar refractivity (Wildman–Crippen MR) is 80.8 cm³/mol. The summed E-state index contributed by atoms with van der Waals surface area (Å²) < 4.78 is 5.61. The van der Waals surface area contributed by atoms with Crippen LogP contribution in [0.5, 0.6) is 6.01 Å². The molecule has 0 aliphatic rings. The molecule has 0 atom stereocenters. The number of hydrogen-bond donors (Lipinski definition) is 0. The van der Waals surface area contributed by atoms with Crippen molar-refractivity contribution < 1.29 is 4.74 Å². The molecular formula is C17H15N3O. The van der Waals surface area contributed by atoms with Gasteiger partial charge in [-0.1, -0.05) is 59.7 Å². The van der Waals surface area contributed by atoms with Gasteiger partial charge in [-0.05, 0) is 18.1 Å². The maximum Gasteiger partial charge on any atom is 0.336 e. The fourth-order valence-electron chi connectivity index (χ4n) is 2.06. The number of aromatic nitrogens is 3. The summed E-state index contributed by atoms with van der Waals surface area (Å²) in [6.07, 6.45) is 1.65. The van der Waals surface area contributed by atoms with Gasteiger partial charge in [0.25, 0.3) is 0 Å². The van der Waals surface area contributed by atoms with E-state index in [1.54, 1.807) is 6.20 Å². The van der Waals surface area contributed by atoms with Crippen LogP contribution in [-0.2, 0) is 6.61 Å². The Bertz CT molecular complexity index is 729. The number of hydrogen-bond acceptors (Lipinski definition) is 4. The fourth-order valence-corrected chi connectivity index (χ4v) is 2.06. The van der Waals surface area contributed by atoms with Crippen LogP contribution < -0.4 is 4.74 Å². The zero-order valence-corrected chi connectivity index (χ0v) is 11.7. The molecule has 0 radical (unpaired) electrons. The summed E-state index contributed by atoms with van der Waals surface area (Å²) in [6.45, 7) is 2.47. The first-order chi connectivity index (χ1) is 10.3. The smallest absolute Gasteiger partial charge is 0.336 e. The molecule has 104 valence electrons. The van der Waals surface area contributed by atoms with Crippen molar-refractivity contribution >= 4 is 0 Å². The number of nitrogens with zero attached hydrogens (tertiary/aromatic N) is 3. The van der Waals surface area contributed by atoms with Crippen LogP contribution >= 0.6 is 0 Å². The Kier molecular flexibility index (Phi) is 3.87. The minimum atomic E-state index is 0.291. The minimum absolute atomic E-state index is 0.291. The Balaban J connectivity index is 1.79. The Morgan fingerprint density at radius 2 is 1.71 bits per heavy atom. The molecular weight excluding hydrogens is 262 g/mol. The third kappa shape index (κ3) is 3.23. The molecule has 4 nitrogen and oxygen atoms in total. The molecule has 0 unspecified atom stereocenters. The molecule has 1 heterocycles. The highest BCUT2D eigenvalue weighted by Crippen LogP contribution is 2.21. The summed E-state index contributed by atoms with van der Waals surface area (Å²) in [5, 5.41) is 7.90. The lowest BCUT2D eigenvalue weighted by Gasteiger charge is -2.07. The zero-order valence-electron chi connectivity index (χ0n) is 11.7. The monoisotopic (exact) mass is 277 g/mol. The molecule has 2 aromatic carbocycles. The summed E-state index contributed by atoms with van der Waals surface area (Å²) >= 11 is 0. The lowest BCUT2D eigenvalue weighted by atomic mass is 10.1. The standard InChI is InChI=1S/C17H15N3O/c1-13-7-5-6-10-15(13)16-11-18-20-17(19-16)21-12-14-8-3-2-4-9-14/h2-11H,12H2,1H3. The number of benzene rings is 2. The molecule has 0 amide bonds. The van der Waals surface area contributed by atoms with Gasteiger partial charge in [0.1, 0.15) is 6.61 Å². The second kappa shape index (κ2) is 6.13. The van der Waals surface area contributed by atoms with Crippen LogP contribution in [0, 0.1) is 6.92 Å². The summed E-state index contributed by atoms with van der Waals surface area (Å²) in [7, 11) is 0. The van der Waals surface area contributed by atoms with Gasteiger partial charge < -0.3 is 4.74 Å². The second-order valence-corrected chi connectivity index (χ2v) is 4.71. The van der Waals surface area contributed by atoms with E-state index in [1.807, 2.05) is 61.5 Å². The molecule has 0 aliphatic carbocycles. The van der Waals surface area contributed by atoms with E-state index in [2.05, 4.69) is 15.2 Å². The third-order valence-electron chi connectivity index (χ3n) is 3.17. The van der Waals surface area contributed by atoms with Gasteiger partial charge in [-0.2, -0.15) is 10.1 Å². The average Bonchev–Trinajstić information content (AvgIpc) is 2.55. The largest absolute Gasteiger partial charge is 0.458 e. The van der Waals surface area contributed by atoms with E-state index in [-0.39, 0.29) is 0 Å². The van der Waals surface area contributed by atoms with E-state index in [1.165, 1.54) is 0 Å². The van der Waals surface area contributed by atoms with Crippen LogP contribution in [0.1, 0.15) is 11.1 Å². The minimum Gasteiger partial charge on any atom is -0.458 e. The fraction of sp³-hybridized carbons (Fsp3) is 0.118. The van der Waals surface area contributed by atoms with E-state index in [0.717, 1.165) is 22.4 Å². The van der Waals surface area contributed by atoms with Gasteiger partial charge in [-0.15, -0.1) is 0 Å². The van der Waals surface area contributed by atoms with Crippen molar-refractivity contribution in [3.8, 4) is 17.3 Å². The van der Waals surface area contributed by atoms with Crippen molar-refractivity contribution in [2.75, 3.05) is 0 Å². The highest BCUT2D eigenvalue weighted by atomic mass is 16.5. The number of rotatable bonds is 4. The Morgan fingerprint density at radius 3 is 2.52 bits per heavy atom. The molecule has 1 aromatic heterocycles. The molecule has 0 N–H and O–H groups in total. The van der Waals surface area contributed by atoms with Crippen LogP contribution in [0.2, 0.25) is 0 Å². The molecule has 3 rings (SSSR count). The van der Waals surface area contributed by atoms with Gasteiger partial charge in [0.2, 0.25) is 0 Å². The quantitative estimate of drug-likeness (QED) is 0.733. The van der Waals surface area contributed by atoms with Crippen molar-refractivity contribution in [1.29, 1.82) is 0 Å². The molecule has 0 spiro atoms. The lowest BCUT2D eigenvalue weighted by Crippen LogP contribution is -2.01. The van der Waals surface area contributed by atoms with Gasteiger partial charge in [0.05, 0.1) is 11.9 Å². The SMILES string of the molecule is Cc1ccccc1-c1cnnc(OCc2ccccc2)n1. The molecule has 0 saturated carbocycles. The van der Waals surface area contributed by atoms with E-state index in [9.17, 15) is 0 Å². The van der Waals surface area contributed by atoms with Gasteiger partial charge in [0, 0.05) is 5.56 Å². The van der Waals surface area contributed by atoms with E-state index < -0.39 is 0 Å². The second-order valence-electron chi connectivity index (χ2n) is 4.71. The Labute approximate surface area is 123 Å². The molecule has 0 bridgehead atoms. The maximum absolute atomic E-state index is 5.61. The van der Waals surface area contributed by atoms with Crippen molar-refractivity contribution in [1.82, 2.24) is 15.2 Å². The topological polar surface area (TPSA) is 47.9 Å². The molecule has 0 fully saturated rings. The van der Waals surface area contributed by atoms with Crippen molar-refractivity contribution in [2.24, 2.45) is 0 Å². The lowest BCUT2D eigenvalue weighted by molar-refractivity contribution is 0.277. The van der Waals surface area contributed by atoms with Gasteiger partial charge >= 0.3 is 6.01 Å². The van der Waals surface area contributed by atoms with Crippen LogP contribution in [0.15, 0.2) is 60.8 Å². The maximum atomic E-state index is 5.61. The Hall–Kier alpha value is -2.75. The summed E-state index contributed by atoms with van der Waals surface area (Å²) in [4.78, 5) is 4.42. The first-order valence-electron chi connectivity index (χ1n) is 6.75. The van der Waals surface area contributed by atoms with Crippen molar-refractivity contribution in [3.63, 3.8) is 0 Å². The zero-order chi connectivity index (χ0) is 14.5. The molecule has 0 aliphatic heterocycles. The number of ether oxygens (including phenoxy) is 1. The molecule has 21 heavy (non-hydrogen) atoms. The summed E-state index contributed by atoms with van der Waals surface area (Å²) in [6, 6.07) is 18.2. The van der Waals surface area contributed by atoms with Gasteiger partial charge in [0.15, 0.2) is 0 Å². The predicted octanol–water partition coefficient (Wildman–Crippen LogP) is 3.43. The highest BCUT2D eigenvalue weighted by molar-refractivity contribution is 5.62. The van der Waals surface area contributed by atoms with Crippen LogP contribution in [0.25, 0.3) is 11.3 Å². The van der Waals surface area contributed by atoms with Crippen LogP contribution in [0.4, 0.5) is 0 Å². The van der Waals surface area contributed by atoms with E-state index in [4.69, 9.17) is 4.74 Å². The van der Waals surface area contributed by atoms with E-state index >= 15 is 0 Å². The first kappa shape index (κ1) is 13.2. The van der Waals surface area contributed by atoms with Crippen molar-refractivity contribution in [3.05, 3.63) is 71.9 Å². The molecule has 4 heteroatoms. The normalized spacial score (nSPS) is 10.3. The molecule has 3 aromatic rings. The Morgan fingerprint density at radius 1 is 0.952 bits per heavy atom. The van der Waals surface area contributed by atoms with Crippen molar-refractivity contribution in [2.45, 2.75) is 13.5 Å². The van der Waals surface area contributed by atoms with E-state index in [0.29, 0.717) is 12.6 Å².